The van der Waals surface area contributed by atoms with Crippen LogP contribution in [0.4, 0.5) is 5.69 Å². The van der Waals surface area contributed by atoms with Crippen molar-refractivity contribution in [2.75, 3.05) is 11.6 Å². The van der Waals surface area contributed by atoms with E-state index in [1.807, 2.05) is 30.5 Å². The van der Waals surface area contributed by atoms with Gasteiger partial charge in [-0.05, 0) is 55.7 Å². The lowest BCUT2D eigenvalue weighted by Crippen LogP contribution is -2.24. The Bertz CT molecular complexity index is 1060. The van der Waals surface area contributed by atoms with Gasteiger partial charge >= 0.3 is 0 Å². The average Bonchev–Trinajstić information content (AvgIpc) is 3.07. The van der Waals surface area contributed by atoms with Gasteiger partial charge in [0.05, 0.1) is 11.7 Å². The van der Waals surface area contributed by atoms with Crippen LogP contribution in [-0.2, 0) is 24.2 Å². The van der Waals surface area contributed by atoms with Crippen LogP contribution in [0.3, 0.4) is 0 Å². The van der Waals surface area contributed by atoms with Gasteiger partial charge in [0.25, 0.3) is 5.56 Å². The summed E-state index contributed by atoms with van der Waals surface area (Å²) in [5.74, 6) is -0.104. The molecule has 0 radical (unpaired) electrons. The second-order valence-corrected chi connectivity index (χ2v) is 8.63. The van der Waals surface area contributed by atoms with Crippen LogP contribution in [0.1, 0.15) is 29.7 Å². The van der Waals surface area contributed by atoms with E-state index in [0.29, 0.717) is 6.54 Å². The van der Waals surface area contributed by atoms with E-state index < -0.39 is 0 Å². The Morgan fingerprint density at radius 2 is 2.19 bits per heavy atom. The van der Waals surface area contributed by atoms with Crippen molar-refractivity contribution < 1.29 is 4.79 Å². The van der Waals surface area contributed by atoms with Gasteiger partial charge < -0.3 is 5.32 Å². The first-order valence-electron chi connectivity index (χ1n) is 9.09. The highest BCUT2D eigenvalue weighted by Gasteiger charge is 2.20. The minimum absolute atomic E-state index is 0.0171. The van der Waals surface area contributed by atoms with Crippen molar-refractivity contribution >= 4 is 44.9 Å². The molecule has 0 spiro atoms. The molecule has 27 heavy (non-hydrogen) atoms. The summed E-state index contributed by atoms with van der Waals surface area (Å²) in [5.41, 5.74) is 1.95. The van der Waals surface area contributed by atoms with Crippen LogP contribution in [0.15, 0.2) is 40.3 Å². The molecule has 1 aromatic carbocycles. The van der Waals surface area contributed by atoms with Gasteiger partial charge in [0, 0.05) is 28.4 Å². The molecular formula is C20H21N3O2S2. The fraction of sp³-hybridized carbons (Fsp3) is 0.350. The number of amides is 1. The number of thiophene rings is 1. The number of benzene rings is 1. The van der Waals surface area contributed by atoms with Gasteiger partial charge in [-0.25, -0.2) is 4.98 Å². The number of hydrogen-bond acceptors (Lipinski definition) is 5. The minimum atomic E-state index is -0.104. The summed E-state index contributed by atoms with van der Waals surface area (Å²) < 4.78 is 1.57. The lowest BCUT2D eigenvalue weighted by Gasteiger charge is -2.10. The first kappa shape index (κ1) is 18.3. The first-order valence-corrected chi connectivity index (χ1v) is 11.1. The molecule has 0 saturated carbocycles. The number of nitrogens with zero attached hydrogens (tertiary/aromatic N) is 2. The van der Waals surface area contributed by atoms with E-state index in [-0.39, 0.29) is 17.9 Å². The van der Waals surface area contributed by atoms with Crippen LogP contribution in [0.5, 0.6) is 0 Å². The van der Waals surface area contributed by atoms with E-state index in [1.165, 1.54) is 16.9 Å². The predicted molar refractivity (Wildman–Crippen MR) is 112 cm³/mol. The summed E-state index contributed by atoms with van der Waals surface area (Å²) >= 11 is 3.28. The molecule has 0 atom stereocenters. The smallest absolute Gasteiger partial charge is 0.262 e. The third kappa shape index (κ3) is 3.80. The number of aryl methyl sites for hydroxylation is 3. The molecule has 2 aromatic heterocycles. The number of fused-ring (bicyclic) bond motifs is 3. The van der Waals surface area contributed by atoms with Gasteiger partial charge in [0.2, 0.25) is 5.91 Å². The zero-order valence-corrected chi connectivity index (χ0v) is 16.8. The fourth-order valence-electron chi connectivity index (χ4n) is 3.49. The van der Waals surface area contributed by atoms with Crippen molar-refractivity contribution in [1.82, 2.24) is 9.55 Å². The van der Waals surface area contributed by atoms with E-state index >= 15 is 0 Å². The third-order valence-corrected chi connectivity index (χ3v) is 6.80. The average molecular weight is 400 g/mol. The van der Waals surface area contributed by atoms with E-state index in [1.54, 1.807) is 34.0 Å². The number of anilines is 1. The van der Waals surface area contributed by atoms with Crippen LogP contribution in [0.2, 0.25) is 0 Å². The van der Waals surface area contributed by atoms with Crippen molar-refractivity contribution in [1.29, 1.82) is 0 Å². The Balaban J connectivity index is 1.49. The van der Waals surface area contributed by atoms with Crippen molar-refractivity contribution in [3.8, 4) is 0 Å². The molecule has 0 bridgehead atoms. The van der Waals surface area contributed by atoms with Crippen LogP contribution in [-0.4, -0.2) is 21.7 Å². The maximum atomic E-state index is 12.9. The molecule has 1 aliphatic carbocycles. The minimum Gasteiger partial charge on any atom is -0.326 e. The summed E-state index contributed by atoms with van der Waals surface area (Å²) in [6.45, 7) is 0.334. The van der Waals surface area contributed by atoms with E-state index in [0.717, 1.165) is 40.1 Å². The number of carbonyl (C=O) groups excluding carboxylic acids is 1. The summed E-state index contributed by atoms with van der Waals surface area (Å²) in [7, 11) is 0. The lowest BCUT2D eigenvalue weighted by molar-refractivity contribution is -0.116. The number of thioether (sulfide) groups is 1. The number of nitrogens with one attached hydrogen (secondary N) is 1. The molecule has 140 valence electrons. The summed E-state index contributed by atoms with van der Waals surface area (Å²) in [5, 5.41) is 3.67. The van der Waals surface area contributed by atoms with Crippen LogP contribution in [0, 0.1) is 0 Å². The second-order valence-electron chi connectivity index (χ2n) is 6.66. The lowest BCUT2D eigenvalue weighted by atomic mass is 9.97. The topological polar surface area (TPSA) is 64.0 Å². The normalized spacial score (nSPS) is 13.5. The van der Waals surface area contributed by atoms with Gasteiger partial charge in [-0.3, -0.25) is 14.2 Å². The van der Waals surface area contributed by atoms with Crippen LogP contribution < -0.4 is 10.9 Å². The standard InChI is InChI=1S/C20H21N3O2S2/c1-26-14-6-4-5-13(11-14)22-17(24)9-10-23-12-21-19-18(20(23)25)15-7-2-3-8-16(15)27-19/h4-6,11-12H,2-3,7-10H2,1H3,(H,22,24). The Labute approximate surface area is 165 Å². The molecule has 5 nitrogen and oxygen atoms in total. The summed E-state index contributed by atoms with van der Waals surface area (Å²) in [4.78, 5) is 32.9. The molecule has 2 heterocycles. The molecule has 4 rings (SSSR count). The monoisotopic (exact) mass is 399 g/mol. The largest absolute Gasteiger partial charge is 0.326 e. The Kier molecular flexibility index (Phi) is 5.31. The Morgan fingerprint density at radius 3 is 3.04 bits per heavy atom. The summed E-state index contributed by atoms with van der Waals surface area (Å²) in [6.07, 6.45) is 8.14. The molecule has 0 unspecified atom stereocenters. The molecule has 0 saturated heterocycles. The van der Waals surface area contributed by atoms with Crippen LogP contribution >= 0.6 is 23.1 Å². The number of hydrogen-bond donors (Lipinski definition) is 1. The zero-order valence-electron chi connectivity index (χ0n) is 15.2. The van der Waals surface area contributed by atoms with E-state index in [4.69, 9.17) is 0 Å². The molecule has 1 amide bonds. The maximum absolute atomic E-state index is 12.9. The van der Waals surface area contributed by atoms with E-state index in [9.17, 15) is 9.59 Å². The second kappa shape index (κ2) is 7.86. The maximum Gasteiger partial charge on any atom is 0.262 e. The van der Waals surface area contributed by atoms with Crippen molar-refractivity contribution in [2.45, 2.75) is 43.5 Å². The fourth-order valence-corrected chi connectivity index (χ4v) is 5.17. The predicted octanol–water partition coefficient (Wildman–Crippen LogP) is 4.09. The van der Waals surface area contributed by atoms with Crippen molar-refractivity contribution in [3.63, 3.8) is 0 Å². The van der Waals surface area contributed by atoms with E-state index in [2.05, 4.69) is 10.3 Å². The van der Waals surface area contributed by atoms with Gasteiger partial charge in [-0.2, -0.15) is 0 Å². The molecule has 0 aliphatic heterocycles. The molecule has 1 aliphatic rings. The zero-order chi connectivity index (χ0) is 18.8. The van der Waals surface area contributed by atoms with Crippen molar-refractivity contribution in [3.05, 3.63) is 51.4 Å². The quantitative estimate of drug-likeness (QED) is 0.657. The molecule has 1 N–H and O–H groups in total. The SMILES string of the molecule is CSc1cccc(NC(=O)CCn2cnc3sc4c(c3c2=O)CCCC4)c1. The third-order valence-electron chi connectivity index (χ3n) is 4.88. The Hall–Kier alpha value is -2.12. The van der Waals surface area contributed by atoms with Gasteiger partial charge in [-0.15, -0.1) is 23.1 Å². The van der Waals surface area contributed by atoms with Gasteiger partial charge in [0.15, 0.2) is 0 Å². The number of rotatable bonds is 5. The molecule has 0 fully saturated rings. The number of carbonyl (C=O) groups is 1. The highest BCUT2D eigenvalue weighted by Crippen LogP contribution is 2.33. The molecule has 7 heteroatoms. The highest BCUT2D eigenvalue weighted by molar-refractivity contribution is 7.98. The number of aromatic nitrogens is 2. The first-order chi connectivity index (χ1) is 13.2. The van der Waals surface area contributed by atoms with Gasteiger partial charge in [0.1, 0.15) is 4.83 Å². The van der Waals surface area contributed by atoms with Crippen LogP contribution in [0.25, 0.3) is 10.2 Å². The molecule has 3 aromatic rings. The molecular weight excluding hydrogens is 378 g/mol. The summed E-state index contributed by atoms with van der Waals surface area (Å²) in [6, 6.07) is 7.74. The van der Waals surface area contributed by atoms with Crippen molar-refractivity contribution in [2.24, 2.45) is 0 Å². The highest BCUT2D eigenvalue weighted by atomic mass is 32.2. The van der Waals surface area contributed by atoms with Gasteiger partial charge in [-0.1, -0.05) is 6.07 Å². The Morgan fingerprint density at radius 1 is 1.33 bits per heavy atom.